The number of hydrogen-bond acceptors (Lipinski definition) is 5. The number of esters is 1. The molecule has 6 heteroatoms. The Kier molecular flexibility index (Phi) is 6.75. The Bertz CT molecular complexity index is 536. The van der Waals surface area contributed by atoms with Crippen molar-refractivity contribution in [3.8, 4) is 0 Å². The highest BCUT2D eigenvalue weighted by Gasteiger charge is 2.30. The zero-order valence-corrected chi connectivity index (χ0v) is 13.9. The molecular weight excluding hydrogens is 298 g/mol. The van der Waals surface area contributed by atoms with Crippen LogP contribution in [-0.2, 0) is 25.7 Å². The molecule has 0 spiro atoms. The lowest BCUT2D eigenvalue weighted by Crippen LogP contribution is -2.46. The molecule has 0 bridgehead atoms. The van der Waals surface area contributed by atoms with Crippen LogP contribution in [0.2, 0.25) is 0 Å². The molecule has 1 atom stereocenters. The molecule has 0 aliphatic rings. The molecule has 126 valence electrons. The first-order chi connectivity index (χ1) is 10.7. The normalized spacial score (nSPS) is 12.2. The van der Waals surface area contributed by atoms with Crippen LogP contribution in [0.25, 0.3) is 0 Å². The highest BCUT2D eigenvalue weighted by Crippen LogP contribution is 2.12. The summed E-state index contributed by atoms with van der Waals surface area (Å²) in [5.41, 5.74) is 0.142. The first-order valence-electron chi connectivity index (χ1n) is 7.38. The lowest BCUT2D eigenvalue weighted by Gasteiger charge is -2.28. The molecule has 0 heterocycles. The van der Waals surface area contributed by atoms with Gasteiger partial charge >= 0.3 is 12.1 Å². The van der Waals surface area contributed by atoms with E-state index in [1.54, 1.807) is 20.8 Å². The van der Waals surface area contributed by atoms with Crippen LogP contribution in [-0.4, -0.2) is 41.4 Å². The Balaban J connectivity index is 2.70. The third-order valence-electron chi connectivity index (χ3n) is 2.93. The van der Waals surface area contributed by atoms with Gasteiger partial charge in [0, 0.05) is 0 Å². The molecule has 1 aromatic rings. The summed E-state index contributed by atoms with van der Waals surface area (Å²) in [5, 5.41) is 0. The molecule has 6 nitrogen and oxygen atoms in total. The number of nitrogens with zero attached hydrogens (tertiary/aromatic N) is 1. The molecule has 0 saturated heterocycles. The van der Waals surface area contributed by atoms with E-state index in [4.69, 9.17) is 9.47 Å². The molecule has 1 rings (SSSR count). The molecule has 23 heavy (non-hydrogen) atoms. The van der Waals surface area contributed by atoms with E-state index >= 15 is 0 Å². The lowest BCUT2D eigenvalue weighted by atomic mass is 10.2. The van der Waals surface area contributed by atoms with Gasteiger partial charge in [0.1, 0.15) is 24.5 Å². The number of rotatable bonds is 6. The van der Waals surface area contributed by atoms with Gasteiger partial charge in [-0.05, 0) is 33.3 Å². The third-order valence-corrected chi connectivity index (χ3v) is 2.93. The van der Waals surface area contributed by atoms with Crippen molar-refractivity contribution >= 4 is 18.3 Å². The number of hydrogen-bond donors (Lipinski definition) is 0. The number of carbonyl (C=O) groups is 3. The van der Waals surface area contributed by atoms with Crippen molar-refractivity contribution in [2.45, 2.75) is 45.9 Å². The van der Waals surface area contributed by atoms with Gasteiger partial charge < -0.3 is 14.3 Å². The van der Waals surface area contributed by atoms with E-state index in [1.807, 2.05) is 30.3 Å². The SMILES string of the molecule is CC(C(=O)OC(C)(C)C)N(CC=O)C(=O)OCc1ccccc1. The average Bonchev–Trinajstić information content (AvgIpc) is 2.49. The summed E-state index contributed by atoms with van der Waals surface area (Å²) in [5.74, 6) is -0.587. The van der Waals surface area contributed by atoms with Crippen LogP contribution in [0.15, 0.2) is 30.3 Å². The van der Waals surface area contributed by atoms with Crippen LogP contribution in [0.4, 0.5) is 4.79 Å². The van der Waals surface area contributed by atoms with Gasteiger partial charge in [-0.2, -0.15) is 0 Å². The molecule has 1 aromatic carbocycles. The van der Waals surface area contributed by atoms with E-state index < -0.39 is 23.7 Å². The van der Waals surface area contributed by atoms with Crippen LogP contribution in [0.3, 0.4) is 0 Å². The monoisotopic (exact) mass is 321 g/mol. The summed E-state index contributed by atoms with van der Waals surface area (Å²) < 4.78 is 10.4. The highest BCUT2D eigenvalue weighted by atomic mass is 16.6. The van der Waals surface area contributed by atoms with E-state index in [9.17, 15) is 14.4 Å². The summed E-state index contributed by atoms with van der Waals surface area (Å²) in [6, 6.07) is 8.23. The van der Waals surface area contributed by atoms with Crippen LogP contribution in [0.5, 0.6) is 0 Å². The Morgan fingerprint density at radius 1 is 1.22 bits per heavy atom. The van der Waals surface area contributed by atoms with Crippen molar-refractivity contribution in [3.63, 3.8) is 0 Å². The van der Waals surface area contributed by atoms with Crippen molar-refractivity contribution in [1.29, 1.82) is 0 Å². The molecule has 0 aliphatic heterocycles. The van der Waals surface area contributed by atoms with Crippen LogP contribution in [0, 0.1) is 0 Å². The second-order valence-corrected chi connectivity index (χ2v) is 6.07. The van der Waals surface area contributed by atoms with Gasteiger partial charge in [0.15, 0.2) is 0 Å². The fraction of sp³-hybridized carbons (Fsp3) is 0.471. The fourth-order valence-electron chi connectivity index (χ4n) is 1.79. The van der Waals surface area contributed by atoms with E-state index in [2.05, 4.69) is 0 Å². The Morgan fingerprint density at radius 2 is 1.83 bits per heavy atom. The summed E-state index contributed by atoms with van der Waals surface area (Å²) >= 11 is 0. The minimum absolute atomic E-state index is 0.0655. The van der Waals surface area contributed by atoms with Gasteiger partial charge in [-0.3, -0.25) is 4.90 Å². The van der Waals surface area contributed by atoms with E-state index in [-0.39, 0.29) is 13.2 Å². The smallest absolute Gasteiger partial charge is 0.411 e. The molecule has 0 radical (unpaired) electrons. The maximum absolute atomic E-state index is 12.2. The van der Waals surface area contributed by atoms with E-state index in [0.29, 0.717) is 6.29 Å². The largest absolute Gasteiger partial charge is 0.458 e. The second-order valence-electron chi connectivity index (χ2n) is 6.07. The topological polar surface area (TPSA) is 72.9 Å². The first-order valence-corrected chi connectivity index (χ1v) is 7.38. The zero-order valence-electron chi connectivity index (χ0n) is 13.9. The minimum Gasteiger partial charge on any atom is -0.458 e. The van der Waals surface area contributed by atoms with Gasteiger partial charge in [-0.25, -0.2) is 9.59 Å². The Morgan fingerprint density at radius 3 is 2.35 bits per heavy atom. The van der Waals surface area contributed by atoms with Crippen molar-refractivity contribution in [3.05, 3.63) is 35.9 Å². The number of carbonyl (C=O) groups excluding carboxylic acids is 3. The summed E-state index contributed by atoms with van der Waals surface area (Å²) in [4.78, 5) is 36.1. The number of benzene rings is 1. The van der Waals surface area contributed by atoms with E-state index in [1.165, 1.54) is 6.92 Å². The van der Waals surface area contributed by atoms with Crippen LogP contribution in [0.1, 0.15) is 33.3 Å². The maximum Gasteiger partial charge on any atom is 0.411 e. The second kappa shape index (κ2) is 8.31. The highest BCUT2D eigenvalue weighted by molar-refractivity contribution is 5.82. The van der Waals surface area contributed by atoms with Crippen molar-refractivity contribution in [2.24, 2.45) is 0 Å². The predicted octanol–water partition coefficient (Wildman–Crippen LogP) is 2.55. The molecule has 0 aliphatic carbocycles. The fourth-order valence-corrected chi connectivity index (χ4v) is 1.79. The minimum atomic E-state index is -0.914. The van der Waals surface area contributed by atoms with Crippen LogP contribution < -0.4 is 0 Å². The third kappa shape index (κ3) is 6.50. The quantitative estimate of drug-likeness (QED) is 0.595. The average molecular weight is 321 g/mol. The van der Waals surface area contributed by atoms with Crippen molar-refractivity contribution in [1.82, 2.24) is 4.90 Å². The van der Waals surface area contributed by atoms with Crippen molar-refractivity contribution < 1.29 is 23.9 Å². The lowest BCUT2D eigenvalue weighted by molar-refractivity contribution is -0.160. The van der Waals surface area contributed by atoms with Gasteiger partial charge in [0.2, 0.25) is 0 Å². The van der Waals surface area contributed by atoms with Crippen LogP contribution >= 0.6 is 0 Å². The summed E-state index contributed by atoms with van der Waals surface area (Å²) in [7, 11) is 0. The first kappa shape index (κ1) is 18.7. The van der Waals surface area contributed by atoms with Gasteiger partial charge in [-0.1, -0.05) is 30.3 Å². The molecule has 0 saturated carbocycles. The van der Waals surface area contributed by atoms with Gasteiger partial charge in [-0.15, -0.1) is 0 Å². The molecule has 1 unspecified atom stereocenters. The van der Waals surface area contributed by atoms with Crippen molar-refractivity contribution in [2.75, 3.05) is 6.54 Å². The molecule has 0 fully saturated rings. The van der Waals surface area contributed by atoms with Gasteiger partial charge in [0.25, 0.3) is 0 Å². The van der Waals surface area contributed by atoms with E-state index in [0.717, 1.165) is 10.5 Å². The van der Waals surface area contributed by atoms with Gasteiger partial charge in [0.05, 0.1) is 6.54 Å². The Labute approximate surface area is 136 Å². The summed E-state index contributed by atoms with van der Waals surface area (Å²) in [6.07, 6.45) is -0.190. The maximum atomic E-state index is 12.2. The molecular formula is C17H23NO5. The predicted molar refractivity (Wildman–Crippen MR) is 84.7 cm³/mol. The Hall–Kier alpha value is -2.37. The molecule has 1 amide bonds. The standard InChI is InChI=1S/C17H23NO5/c1-13(15(20)23-17(2,3)4)18(10-11-19)16(21)22-12-14-8-6-5-7-9-14/h5-9,11,13H,10,12H2,1-4H3. The molecule has 0 N–H and O–H groups in total. The number of ether oxygens (including phenoxy) is 2. The number of aldehydes is 1. The number of amides is 1. The summed E-state index contributed by atoms with van der Waals surface area (Å²) in [6.45, 7) is 6.52. The molecule has 0 aromatic heterocycles. The zero-order chi connectivity index (χ0) is 17.5.